The zero-order chi connectivity index (χ0) is 22.3. The first-order valence-corrected chi connectivity index (χ1v) is 11.4. The van der Waals surface area contributed by atoms with Crippen LogP contribution in [0.4, 0.5) is 18.9 Å². The molecule has 2 aliphatic rings. The van der Waals surface area contributed by atoms with Crippen molar-refractivity contribution in [2.75, 3.05) is 31.0 Å². The van der Waals surface area contributed by atoms with Crippen molar-refractivity contribution in [3.8, 4) is 5.75 Å². The molecule has 1 N–H and O–H groups in total. The number of nitrogens with zero attached hydrogens (tertiary/aromatic N) is 3. The Morgan fingerprint density at radius 2 is 1.97 bits per heavy atom. The molecule has 7 nitrogen and oxygen atoms in total. The maximum atomic E-state index is 14.4. The Morgan fingerprint density at radius 3 is 2.58 bits per heavy atom. The molecule has 2 aromatic rings. The lowest BCUT2D eigenvalue weighted by Gasteiger charge is -2.30. The van der Waals surface area contributed by atoms with Crippen LogP contribution >= 0.6 is 11.8 Å². The predicted molar refractivity (Wildman–Crippen MR) is 112 cm³/mol. The molecule has 2 heterocycles. The van der Waals surface area contributed by atoms with E-state index in [1.165, 1.54) is 37.1 Å². The van der Waals surface area contributed by atoms with Gasteiger partial charge >= 0.3 is 0 Å². The number of fused-ring (bicyclic) bond motifs is 1. The maximum Gasteiger partial charge on any atom is 0.294 e. The molecule has 2 aliphatic heterocycles. The Hall–Kier alpha value is -2.57. The summed E-state index contributed by atoms with van der Waals surface area (Å²) in [7, 11) is -3.21. The number of alkyl halides is 2. The fourth-order valence-electron chi connectivity index (χ4n) is 3.37. The third-order valence-electron chi connectivity index (χ3n) is 4.79. The van der Waals surface area contributed by atoms with Crippen LogP contribution in [0.5, 0.6) is 5.75 Å². The van der Waals surface area contributed by atoms with Crippen molar-refractivity contribution in [3.05, 3.63) is 52.8 Å². The minimum atomic E-state index is -4.48. The molecule has 164 valence electrons. The molecule has 0 saturated carbocycles. The smallest absolute Gasteiger partial charge is 0.294 e. The zero-order valence-electron chi connectivity index (χ0n) is 16.0. The third-order valence-corrected chi connectivity index (χ3v) is 6.64. The molecule has 0 aromatic heterocycles. The number of hydrogen-bond acceptors (Lipinski definition) is 7. The second kappa shape index (κ2) is 8.17. The summed E-state index contributed by atoms with van der Waals surface area (Å²) < 4.78 is 78.6. The fraction of sp³-hybridized carbons (Fsp3) is 0.263. The highest BCUT2D eigenvalue weighted by Gasteiger charge is 2.30. The molecule has 0 fully saturated rings. The lowest BCUT2D eigenvalue weighted by molar-refractivity contribution is 0.146. The van der Waals surface area contributed by atoms with E-state index in [4.69, 9.17) is 4.74 Å². The van der Waals surface area contributed by atoms with Crippen molar-refractivity contribution in [2.24, 2.45) is 9.98 Å². The molecule has 0 radical (unpaired) electrons. The minimum absolute atomic E-state index is 0.00119. The number of methoxy groups -OCH3 is 1. The van der Waals surface area contributed by atoms with E-state index in [2.05, 4.69) is 9.98 Å². The molecule has 0 amide bonds. The largest absolute Gasteiger partial charge is 0.496 e. The van der Waals surface area contributed by atoms with Crippen molar-refractivity contribution in [2.45, 2.75) is 11.3 Å². The number of thioether (sulfide) groups is 1. The normalized spacial score (nSPS) is 16.3. The quantitative estimate of drug-likeness (QED) is 0.684. The summed E-state index contributed by atoms with van der Waals surface area (Å²) >= 11 is 1.46. The summed E-state index contributed by atoms with van der Waals surface area (Å²) in [6.45, 7) is 0.624. The van der Waals surface area contributed by atoms with E-state index in [0.717, 1.165) is 17.9 Å². The van der Waals surface area contributed by atoms with Crippen LogP contribution in [0.15, 0.2) is 45.2 Å². The fourth-order valence-corrected chi connectivity index (χ4v) is 4.73. The van der Waals surface area contributed by atoms with Crippen LogP contribution in [0.25, 0.3) is 0 Å². The summed E-state index contributed by atoms with van der Waals surface area (Å²) in [6, 6.07) is 5.73. The third kappa shape index (κ3) is 4.02. The van der Waals surface area contributed by atoms with Crippen molar-refractivity contribution in [3.63, 3.8) is 0 Å². The van der Waals surface area contributed by atoms with Gasteiger partial charge in [0.25, 0.3) is 16.5 Å². The lowest BCUT2D eigenvalue weighted by atomic mass is 9.96. The van der Waals surface area contributed by atoms with Gasteiger partial charge in [0, 0.05) is 16.9 Å². The van der Waals surface area contributed by atoms with E-state index in [-0.39, 0.29) is 28.6 Å². The average Bonchev–Trinajstić information content (AvgIpc) is 3.26. The first kappa shape index (κ1) is 21.7. The monoisotopic (exact) mass is 471 g/mol. The molecule has 31 heavy (non-hydrogen) atoms. The predicted octanol–water partition coefficient (Wildman–Crippen LogP) is 3.74. The molecular formula is C19H16F3N3O4S2. The van der Waals surface area contributed by atoms with E-state index < -0.39 is 27.9 Å². The molecule has 0 saturated heterocycles. The first-order chi connectivity index (χ1) is 14.7. The first-order valence-electron chi connectivity index (χ1n) is 8.98. The molecule has 2 aromatic carbocycles. The highest BCUT2D eigenvalue weighted by molar-refractivity contribution is 8.14. The number of halogens is 3. The van der Waals surface area contributed by atoms with Gasteiger partial charge in [0.2, 0.25) is 0 Å². The number of benzene rings is 2. The van der Waals surface area contributed by atoms with Crippen LogP contribution in [0.1, 0.15) is 23.1 Å². The Balaban J connectivity index is 1.90. The van der Waals surface area contributed by atoms with E-state index in [1.54, 1.807) is 4.90 Å². The van der Waals surface area contributed by atoms with Crippen LogP contribution in [0, 0.1) is 5.82 Å². The molecule has 0 atom stereocenters. The van der Waals surface area contributed by atoms with Gasteiger partial charge in [-0.3, -0.25) is 14.5 Å². The van der Waals surface area contributed by atoms with Gasteiger partial charge in [0.1, 0.15) is 18.2 Å². The standard InChI is InChI=1S/C19H16F3N3O4S2/c1-29-16-8-12(18(21)22)14(20)7-13(16)17-11-3-2-10(31(26,27)28)6-15(11)25(9-24-17)19-23-4-5-30-19/h2-3,6-8,18H,4-5,9H2,1H3,(H,26,27,28). The van der Waals surface area contributed by atoms with E-state index in [0.29, 0.717) is 23.0 Å². The van der Waals surface area contributed by atoms with Gasteiger partial charge in [-0.2, -0.15) is 8.42 Å². The molecule has 0 aliphatic carbocycles. The number of hydrogen-bond donors (Lipinski definition) is 1. The number of amidine groups is 1. The van der Waals surface area contributed by atoms with E-state index in [9.17, 15) is 26.1 Å². The number of aliphatic imine (C=N–C) groups is 2. The minimum Gasteiger partial charge on any atom is -0.496 e. The van der Waals surface area contributed by atoms with Crippen molar-refractivity contribution >= 4 is 38.4 Å². The maximum absolute atomic E-state index is 14.4. The zero-order valence-corrected chi connectivity index (χ0v) is 17.7. The van der Waals surface area contributed by atoms with Gasteiger partial charge in [-0.05, 0) is 30.3 Å². The second-order valence-electron chi connectivity index (χ2n) is 6.62. The second-order valence-corrected chi connectivity index (χ2v) is 9.10. The molecule has 0 bridgehead atoms. The number of ether oxygens (including phenoxy) is 1. The van der Waals surface area contributed by atoms with Crippen molar-refractivity contribution in [1.29, 1.82) is 0 Å². The van der Waals surface area contributed by atoms with Crippen molar-refractivity contribution < 1.29 is 30.9 Å². The van der Waals surface area contributed by atoms with Gasteiger partial charge in [0.05, 0.1) is 35.5 Å². The van der Waals surface area contributed by atoms with Crippen LogP contribution in [0.2, 0.25) is 0 Å². The van der Waals surface area contributed by atoms with Gasteiger partial charge in [-0.15, -0.1) is 0 Å². The molecular weight excluding hydrogens is 455 g/mol. The summed E-state index contributed by atoms with van der Waals surface area (Å²) in [4.78, 5) is 10.2. The molecule has 12 heteroatoms. The van der Waals surface area contributed by atoms with Gasteiger partial charge in [-0.25, -0.2) is 13.2 Å². The topological polar surface area (TPSA) is 91.6 Å². The molecule has 0 unspecified atom stereocenters. The Morgan fingerprint density at radius 1 is 1.19 bits per heavy atom. The van der Waals surface area contributed by atoms with Crippen molar-refractivity contribution in [1.82, 2.24) is 0 Å². The van der Waals surface area contributed by atoms with E-state index >= 15 is 0 Å². The van der Waals surface area contributed by atoms with Gasteiger partial charge in [0.15, 0.2) is 5.17 Å². The van der Waals surface area contributed by atoms with Crippen LogP contribution in [-0.2, 0) is 10.1 Å². The molecule has 4 rings (SSSR count). The molecule has 0 spiro atoms. The highest BCUT2D eigenvalue weighted by atomic mass is 32.2. The highest BCUT2D eigenvalue weighted by Crippen LogP contribution is 2.37. The average molecular weight is 471 g/mol. The summed E-state index contributed by atoms with van der Waals surface area (Å²) in [6.07, 6.45) is -3.02. The Labute approximate surface area is 180 Å². The summed E-state index contributed by atoms with van der Waals surface area (Å²) in [5.74, 6) is -0.354. The number of rotatable bonds is 4. The number of anilines is 1. The summed E-state index contributed by atoms with van der Waals surface area (Å²) in [5, 5.41) is 0.628. The Kier molecular flexibility index (Phi) is 5.71. The SMILES string of the molecule is COc1cc(C(F)F)c(F)cc1C1=NCN(C2=NCCS2)c2cc(S(=O)(=O)O)ccc21. The van der Waals surface area contributed by atoms with Crippen LogP contribution in [-0.4, -0.2) is 49.9 Å². The van der Waals surface area contributed by atoms with Crippen LogP contribution in [0.3, 0.4) is 0 Å². The van der Waals surface area contributed by atoms with Gasteiger partial charge < -0.3 is 9.64 Å². The summed E-state index contributed by atoms with van der Waals surface area (Å²) in [5.41, 5.74) is 0.390. The van der Waals surface area contributed by atoms with E-state index in [1.807, 2.05) is 0 Å². The Bertz CT molecular complexity index is 1220. The lowest BCUT2D eigenvalue weighted by Crippen LogP contribution is -2.34. The van der Waals surface area contributed by atoms with Gasteiger partial charge in [-0.1, -0.05) is 11.8 Å². The van der Waals surface area contributed by atoms with Crippen LogP contribution < -0.4 is 9.64 Å².